The van der Waals surface area contributed by atoms with Crippen molar-refractivity contribution in [2.45, 2.75) is 20.3 Å². The van der Waals surface area contributed by atoms with Gasteiger partial charge in [0.25, 0.3) is 0 Å². The molecule has 0 radical (unpaired) electrons. The number of ether oxygens (including phenoxy) is 1. The van der Waals surface area contributed by atoms with Crippen molar-refractivity contribution in [3.05, 3.63) is 58.5 Å². The van der Waals surface area contributed by atoms with Gasteiger partial charge >= 0.3 is 5.97 Å². The first-order chi connectivity index (χ1) is 14.5. The van der Waals surface area contributed by atoms with E-state index in [4.69, 9.17) is 9.15 Å². The number of carbonyl (C=O) groups is 5. The molecule has 1 unspecified atom stereocenters. The van der Waals surface area contributed by atoms with Crippen LogP contribution in [-0.2, 0) is 25.3 Å². The first kappa shape index (κ1) is 22.3. The Kier molecular flexibility index (Phi) is 6.03. The van der Waals surface area contributed by atoms with Crippen LogP contribution in [0, 0.1) is 5.41 Å². The molecule has 3 rings (SSSR count). The van der Waals surface area contributed by atoms with Crippen LogP contribution in [0.4, 0.5) is 0 Å². The van der Waals surface area contributed by atoms with Gasteiger partial charge in [0, 0.05) is 17.4 Å². The van der Waals surface area contributed by atoms with Crippen LogP contribution in [0.2, 0.25) is 0 Å². The lowest BCUT2D eigenvalue weighted by Crippen LogP contribution is -2.41. The minimum atomic E-state index is -1.57. The third-order valence-corrected chi connectivity index (χ3v) is 5.10. The molecule has 1 N–H and O–H groups in total. The molecule has 1 aromatic carbocycles. The summed E-state index contributed by atoms with van der Waals surface area (Å²) in [6.07, 6.45) is 0.578. The van der Waals surface area contributed by atoms with Crippen LogP contribution in [0.1, 0.15) is 62.9 Å². The molecule has 0 fully saturated rings. The molecule has 9 nitrogen and oxygen atoms in total. The number of carbonyl (C=O) groups excluding carboxylic acids is 5. The Morgan fingerprint density at radius 3 is 2.29 bits per heavy atom. The van der Waals surface area contributed by atoms with Gasteiger partial charge in [0.15, 0.2) is 17.3 Å². The number of furan rings is 1. The van der Waals surface area contributed by atoms with E-state index in [1.165, 1.54) is 32.2 Å². The predicted molar refractivity (Wildman–Crippen MR) is 108 cm³/mol. The van der Waals surface area contributed by atoms with E-state index < -0.39 is 52.0 Å². The van der Waals surface area contributed by atoms with E-state index in [-0.39, 0.29) is 34.8 Å². The fourth-order valence-electron chi connectivity index (χ4n) is 2.88. The summed E-state index contributed by atoms with van der Waals surface area (Å²) in [7, 11) is -1.57. The van der Waals surface area contributed by atoms with Gasteiger partial charge in [-0.05, 0) is 19.9 Å². The smallest absolute Gasteiger partial charge is 0.313 e. The number of benzene rings is 1. The van der Waals surface area contributed by atoms with E-state index >= 15 is 0 Å². The largest absolute Gasteiger partial charge is 0.464 e. The Balaban J connectivity index is 1.68. The number of nitrogens with one attached hydrogen (secondary N) is 1. The predicted octanol–water partition coefficient (Wildman–Crippen LogP) is 1.61. The SMILES string of the molecule is CS(=O)NC(=O)C(C)(C)COC(=O)CC(=O)c1cc2c(o1)C(=O)c1ccccc1C2=O. The third-order valence-electron chi connectivity index (χ3n) is 4.62. The quantitative estimate of drug-likeness (QED) is 0.329. The van der Waals surface area contributed by atoms with E-state index in [9.17, 15) is 28.2 Å². The number of esters is 1. The normalized spacial score (nSPS) is 13.8. The summed E-state index contributed by atoms with van der Waals surface area (Å²) < 4.78 is 23.6. The summed E-state index contributed by atoms with van der Waals surface area (Å²) in [6, 6.07) is 7.38. The maximum Gasteiger partial charge on any atom is 0.313 e. The van der Waals surface area contributed by atoms with Gasteiger partial charge in [-0.25, -0.2) is 4.21 Å². The Labute approximate surface area is 179 Å². The van der Waals surface area contributed by atoms with Crippen molar-refractivity contribution in [3.63, 3.8) is 0 Å². The maximum absolute atomic E-state index is 12.6. The average Bonchev–Trinajstić information content (AvgIpc) is 3.16. The number of Topliss-reactive ketones (excluding diaryl/α,β-unsaturated/α-hetero) is 1. The summed E-state index contributed by atoms with van der Waals surface area (Å²) in [5, 5.41) is 0. The minimum Gasteiger partial charge on any atom is -0.464 e. The number of hydrogen-bond donors (Lipinski definition) is 1. The van der Waals surface area contributed by atoms with E-state index in [2.05, 4.69) is 4.72 Å². The zero-order valence-electron chi connectivity index (χ0n) is 17.0. The Hall–Kier alpha value is -3.40. The molecule has 162 valence electrons. The Bertz CT molecular complexity index is 1090. The van der Waals surface area contributed by atoms with Crippen molar-refractivity contribution in [1.29, 1.82) is 0 Å². The van der Waals surface area contributed by atoms with Crippen molar-refractivity contribution in [3.8, 4) is 0 Å². The molecule has 0 saturated carbocycles. The second kappa shape index (κ2) is 8.38. The summed E-state index contributed by atoms with van der Waals surface area (Å²) in [6.45, 7) is 2.63. The number of rotatable bonds is 7. The number of fused-ring (bicyclic) bond motifs is 2. The molecule has 1 aliphatic carbocycles. The summed E-state index contributed by atoms with van der Waals surface area (Å²) in [5.41, 5.74) is -0.807. The van der Waals surface area contributed by atoms with Gasteiger partial charge in [-0.2, -0.15) is 0 Å². The maximum atomic E-state index is 12.6. The highest BCUT2D eigenvalue weighted by Gasteiger charge is 2.35. The molecule has 0 spiro atoms. The van der Waals surface area contributed by atoms with Crippen molar-refractivity contribution < 1.29 is 37.3 Å². The monoisotopic (exact) mass is 445 g/mol. The van der Waals surface area contributed by atoms with Crippen molar-refractivity contribution in [1.82, 2.24) is 4.72 Å². The van der Waals surface area contributed by atoms with Gasteiger partial charge in [0.1, 0.15) is 24.0 Å². The minimum absolute atomic E-state index is 0.0363. The first-order valence-corrected chi connectivity index (χ1v) is 10.7. The molecule has 2 aromatic rings. The fourth-order valence-corrected chi connectivity index (χ4v) is 3.41. The van der Waals surface area contributed by atoms with Crippen molar-refractivity contribution in [2.75, 3.05) is 12.9 Å². The zero-order valence-corrected chi connectivity index (χ0v) is 17.8. The third kappa shape index (κ3) is 4.53. The molecule has 0 aliphatic heterocycles. The number of amides is 1. The Morgan fingerprint density at radius 1 is 1.06 bits per heavy atom. The van der Waals surface area contributed by atoms with Gasteiger partial charge in [-0.1, -0.05) is 24.3 Å². The fraction of sp³-hybridized carbons (Fsp3) is 0.286. The average molecular weight is 445 g/mol. The van der Waals surface area contributed by atoms with Crippen LogP contribution in [0.5, 0.6) is 0 Å². The highest BCUT2D eigenvalue weighted by molar-refractivity contribution is 7.82. The van der Waals surface area contributed by atoms with Crippen molar-refractivity contribution >= 4 is 40.2 Å². The summed E-state index contributed by atoms with van der Waals surface area (Å²) >= 11 is 0. The van der Waals surface area contributed by atoms with Gasteiger partial charge in [-0.3, -0.25) is 28.7 Å². The van der Waals surface area contributed by atoms with Crippen LogP contribution in [0.25, 0.3) is 0 Å². The molecule has 31 heavy (non-hydrogen) atoms. The van der Waals surface area contributed by atoms with Crippen LogP contribution >= 0.6 is 0 Å². The van der Waals surface area contributed by atoms with Crippen LogP contribution in [0.3, 0.4) is 0 Å². The second-order valence-corrected chi connectivity index (χ2v) is 8.70. The Morgan fingerprint density at radius 2 is 1.68 bits per heavy atom. The van der Waals surface area contributed by atoms with Gasteiger partial charge in [0.2, 0.25) is 17.5 Å². The number of hydrogen-bond acceptors (Lipinski definition) is 8. The zero-order chi connectivity index (χ0) is 22.9. The lowest BCUT2D eigenvalue weighted by atomic mass is 9.88. The molecule has 1 aromatic heterocycles. The molecular formula is C21H19NO8S. The van der Waals surface area contributed by atoms with Crippen LogP contribution in [0.15, 0.2) is 34.7 Å². The highest BCUT2D eigenvalue weighted by Crippen LogP contribution is 2.30. The van der Waals surface area contributed by atoms with Crippen LogP contribution in [-0.4, -0.2) is 46.3 Å². The summed E-state index contributed by atoms with van der Waals surface area (Å²) in [5.74, 6) is -3.80. The second-order valence-electron chi connectivity index (χ2n) is 7.59. The van der Waals surface area contributed by atoms with E-state index in [1.807, 2.05) is 0 Å². The first-order valence-electron chi connectivity index (χ1n) is 9.17. The molecule has 1 amide bonds. The lowest BCUT2D eigenvalue weighted by molar-refractivity contribution is -0.148. The van der Waals surface area contributed by atoms with Crippen LogP contribution < -0.4 is 4.72 Å². The molecule has 0 bridgehead atoms. The lowest BCUT2D eigenvalue weighted by Gasteiger charge is -2.22. The topological polar surface area (TPSA) is 137 Å². The van der Waals surface area contributed by atoms with E-state index in [0.717, 1.165) is 6.07 Å². The molecular weight excluding hydrogens is 426 g/mol. The number of ketones is 3. The van der Waals surface area contributed by atoms with Gasteiger partial charge < -0.3 is 9.15 Å². The standard InChI is InChI=1S/C21H19NO8S/c1-21(2,20(27)22-31(3)28)10-29-16(24)9-14(23)15-8-13-17(25)11-6-4-5-7-12(11)18(26)19(13)30-15/h4-8H,9-10H2,1-3H3,(H,22,27). The molecule has 1 heterocycles. The van der Waals surface area contributed by atoms with Crippen molar-refractivity contribution in [2.24, 2.45) is 5.41 Å². The van der Waals surface area contributed by atoms with E-state index in [0.29, 0.717) is 0 Å². The van der Waals surface area contributed by atoms with Gasteiger partial charge in [0.05, 0.1) is 11.0 Å². The van der Waals surface area contributed by atoms with E-state index in [1.54, 1.807) is 12.1 Å². The summed E-state index contributed by atoms with van der Waals surface area (Å²) in [4.78, 5) is 61.6. The molecule has 1 atom stereocenters. The molecule has 1 aliphatic rings. The molecule has 10 heteroatoms. The van der Waals surface area contributed by atoms with Gasteiger partial charge in [-0.15, -0.1) is 0 Å². The highest BCUT2D eigenvalue weighted by atomic mass is 32.2. The molecule has 0 saturated heterocycles.